The van der Waals surface area contributed by atoms with Gasteiger partial charge in [-0.25, -0.2) is 9.97 Å². The fourth-order valence-corrected chi connectivity index (χ4v) is 8.50. The molecule has 0 saturated carbocycles. The second-order valence-corrected chi connectivity index (χ2v) is 17.7. The molecule has 0 saturated heterocycles. The van der Waals surface area contributed by atoms with Gasteiger partial charge in [-0.3, -0.25) is 19.9 Å². The first-order valence-electron chi connectivity index (χ1n) is 25.4. The molecule has 392 valence electrons. The molecule has 0 aliphatic heterocycles. The number of ether oxygens (including phenoxy) is 4. The molecule has 0 bridgehead atoms. The van der Waals surface area contributed by atoms with Gasteiger partial charge in [0.15, 0.2) is 5.65 Å². The Labute approximate surface area is 480 Å². The van der Waals surface area contributed by atoms with Crippen LogP contribution in [0.4, 0.5) is 0 Å². The van der Waals surface area contributed by atoms with Crippen molar-refractivity contribution in [3.63, 3.8) is 0 Å². The Morgan fingerprint density at radius 2 is 0.662 bits per heavy atom. The molecule has 6 heterocycles. The number of aromatic nitrogens is 6. The summed E-state index contributed by atoms with van der Waals surface area (Å²) in [5.41, 5.74) is 8.71. The molecule has 8 rings (SSSR count). The highest BCUT2D eigenvalue weighted by Crippen LogP contribution is 2.40. The molecule has 0 N–H and O–H groups in total. The lowest BCUT2D eigenvalue weighted by Crippen LogP contribution is -2.03. The van der Waals surface area contributed by atoms with Gasteiger partial charge < -0.3 is 18.9 Å². The number of fused-ring (bicyclic) bond motifs is 1. The first kappa shape index (κ1) is 61.3. The third kappa shape index (κ3) is 20.8. The lowest BCUT2D eigenvalue weighted by molar-refractivity contribution is 0.290. The highest BCUT2D eigenvalue weighted by Gasteiger charge is 2.17. The second kappa shape index (κ2) is 35.1. The number of rotatable bonds is 30. The Morgan fingerprint density at radius 3 is 1.01 bits per heavy atom. The zero-order chi connectivity index (χ0) is 47.7. The molecule has 2 aromatic carbocycles. The Balaban J connectivity index is 0.00000296. The number of hydrogen-bond donors (Lipinski definition) is 0. The summed E-state index contributed by atoms with van der Waals surface area (Å²) in [7, 11) is 0. The van der Waals surface area contributed by atoms with E-state index in [1.165, 1.54) is 0 Å². The fourth-order valence-electron chi connectivity index (χ4n) is 8.50. The second-order valence-electron chi connectivity index (χ2n) is 17.7. The maximum absolute atomic E-state index is 6.54. The van der Waals surface area contributed by atoms with E-state index in [1.807, 2.05) is 91.5 Å². The number of unbranched alkanes of at least 4 members (excludes halogenated alkanes) is 8. The van der Waals surface area contributed by atoms with Crippen LogP contribution in [0.3, 0.4) is 0 Å². The van der Waals surface area contributed by atoms with Crippen LogP contribution in [-0.4, -0.2) is 56.3 Å². The van der Waals surface area contributed by atoms with Gasteiger partial charge in [0.2, 0.25) is 0 Å². The van der Waals surface area contributed by atoms with E-state index in [0.29, 0.717) is 32.1 Å². The molecule has 8 aromatic rings. The molecular formula is C60H70Br4N6O4. The molecule has 74 heavy (non-hydrogen) atoms. The van der Waals surface area contributed by atoms with Crippen LogP contribution < -0.4 is 18.9 Å². The minimum Gasteiger partial charge on any atom is -0.493 e. The van der Waals surface area contributed by atoms with Crippen molar-refractivity contribution in [2.75, 3.05) is 26.4 Å². The molecule has 0 aliphatic rings. The summed E-state index contributed by atoms with van der Waals surface area (Å²) in [4.78, 5) is 28.0. The molecule has 14 heteroatoms. The van der Waals surface area contributed by atoms with E-state index in [2.05, 4.69) is 80.6 Å². The molecule has 0 spiro atoms. The van der Waals surface area contributed by atoms with Gasteiger partial charge in [0.1, 0.15) is 23.0 Å². The van der Waals surface area contributed by atoms with Gasteiger partial charge in [0.25, 0.3) is 0 Å². The Kier molecular flexibility index (Phi) is 29.0. The lowest BCUT2D eigenvalue weighted by Gasteiger charge is -2.17. The summed E-state index contributed by atoms with van der Waals surface area (Å²) in [6, 6.07) is 43.0. The van der Waals surface area contributed by atoms with Crippen LogP contribution in [0.2, 0.25) is 0 Å². The van der Waals surface area contributed by atoms with E-state index < -0.39 is 0 Å². The zero-order valence-corrected chi connectivity index (χ0v) is 49.0. The van der Waals surface area contributed by atoms with E-state index in [-0.39, 0.29) is 67.9 Å². The molecular weight excluding hydrogens is 1190 g/mol. The van der Waals surface area contributed by atoms with Gasteiger partial charge in [-0.05, 0) is 199 Å². The van der Waals surface area contributed by atoms with Crippen molar-refractivity contribution in [3.05, 3.63) is 181 Å². The molecule has 0 fully saturated rings. The normalized spacial score (nSPS) is 10.5. The van der Waals surface area contributed by atoms with Crippen LogP contribution in [0.1, 0.15) is 99.8 Å². The first-order chi connectivity index (χ1) is 34.7. The van der Waals surface area contributed by atoms with Gasteiger partial charge in [-0.2, -0.15) is 0 Å². The van der Waals surface area contributed by atoms with Crippen molar-refractivity contribution >= 4 is 79.0 Å². The average molecular weight is 1260 g/mol. The van der Waals surface area contributed by atoms with Crippen LogP contribution in [-0.2, 0) is 25.7 Å². The molecule has 0 radical (unpaired) electrons. The van der Waals surface area contributed by atoms with Gasteiger partial charge >= 0.3 is 0 Å². The fraction of sp³-hybridized carbons (Fsp3) is 0.333. The van der Waals surface area contributed by atoms with Crippen molar-refractivity contribution in [1.82, 2.24) is 29.9 Å². The van der Waals surface area contributed by atoms with E-state index >= 15 is 0 Å². The van der Waals surface area contributed by atoms with Gasteiger partial charge in [-0.15, -0.1) is 67.9 Å². The topological polar surface area (TPSA) is 114 Å². The van der Waals surface area contributed by atoms with Gasteiger partial charge in [0.05, 0.1) is 32.1 Å². The molecule has 6 aromatic heterocycles. The Hall–Kier alpha value is -5.28. The summed E-state index contributed by atoms with van der Waals surface area (Å²) in [5, 5.41) is 0.941. The highest BCUT2D eigenvalue weighted by molar-refractivity contribution is 8.93. The number of hydrogen-bond acceptors (Lipinski definition) is 10. The van der Waals surface area contributed by atoms with Gasteiger partial charge in [0, 0.05) is 82.4 Å². The third-order valence-corrected chi connectivity index (χ3v) is 12.2. The minimum atomic E-state index is 0. The van der Waals surface area contributed by atoms with Gasteiger partial charge in [-0.1, -0.05) is 24.3 Å². The smallest absolute Gasteiger partial charge is 0.159 e. The van der Waals surface area contributed by atoms with Crippen molar-refractivity contribution in [1.29, 1.82) is 0 Å². The van der Waals surface area contributed by atoms with Crippen molar-refractivity contribution in [2.45, 2.75) is 103 Å². The summed E-state index contributed by atoms with van der Waals surface area (Å²) < 4.78 is 26.1. The predicted octanol–water partition coefficient (Wildman–Crippen LogP) is 16.0. The first-order valence-corrected chi connectivity index (χ1v) is 25.4. The summed E-state index contributed by atoms with van der Waals surface area (Å²) in [6.07, 6.45) is 25.2. The zero-order valence-electron chi connectivity index (χ0n) is 42.1. The number of nitrogens with zero attached hydrogens (tertiary/aromatic N) is 6. The minimum absolute atomic E-state index is 0. The Bertz CT molecular complexity index is 2440. The maximum atomic E-state index is 6.54. The third-order valence-electron chi connectivity index (χ3n) is 12.2. The standard InChI is InChI=1S/C60H66N6O4.4BrH/c1(5-23-50-27-9-13-31-61-50)17-36-67-54-40-48(41-55(45-54)68-37-18-2-6-24-51-28-10-14-32-62-51)58-44-47-22-21-35-65-60(47)66-59(58)49-42-56(69-38-19-3-7-25-52-29-11-15-33-63-52)46-57(43-49)70-39-20-4-8-26-53-30-12-16-34-64-53;;;;/h9-16,21-22,27-35,40-46H,1-8,17-20,23-26,36-39H2;4*1H. The summed E-state index contributed by atoms with van der Waals surface area (Å²) >= 11 is 0. The summed E-state index contributed by atoms with van der Waals surface area (Å²) in [6.45, 7) is 2.37. The molecule has 10 nitrogen and oxygen atoms in total. The van der Waals surface area contributed by atoms with Crippen LogP contribution in [0, 0.1) is 0 Å². The molecule has 0 unspecified atom stereocenters. The van der Waals surface area contributed by atoms with Crippen LogP contribution in [0.5, 0.6) is 23.0 Å². The van der Waals surface area contributed by atoms with Crippen LogP contribution >= 0.6 is 67.9 Å². The largest absolute Gasteiger partial charge is 0.493 e. The lowest BCUT2D eigenvalue weighted by atomic mass is 9.97. The van der Waals surface area contributed by atoms with E-state index in [0.717, 1.165) is 176 Å². The number of benzene rings is 2. The number of aryl methyl sites for hydroxylation is 4. The quantitative estimate of drug-likeness (QED) is 0.0403. The van der Waals surface area contributed by atoms with E-state index in [4.69, 9.17) is 28.9 Å². The molecule has 0 aliphatic carbocycles. The van der Waals surface area contributed by atoms with E-state index in [1.54, 1.807) is 6.20 Å². The SMILES string of the molecule is Br.Br.Br.Br.c1ccc(CCCCCOc2cc(OCCCCCc3ccccn3)cc(-c3cc4cccnc4nc3-c3cc(OCCCCCc4ccccn4)cc(OCCCCCc4ccccn4)c3)c2)nc1. The van der Waals surface area contributed by atoms with Crippen LogP contribution in [0.15, 0.2) is 158 Å². The maximum Gasteiger partial charge on any atom is 0.159 e. The molecule has 0 atom stereocenters. The summed E-state index contributed by atoms with van der Waals surface area (Å²) in [5.74, 6) is 3.01. The van der Waals surface area contributed by atoms with E-state index in [9.17, 15) is 0 Å². The highest BCUT2D eigenvalue weighted by atomic mass is 79.9. The number of halogens is 4. The Morgan fingerprint density at radius 1 is 0.311 bits per heavy atom. The monoisotopic (exact) mass is 1250 g/mol. The van der Waals surface area contributed by atoms with Crippen molar-refractivity contribution in [3.8, 4) is 45.4 Å². The molecule has 0 amide bonds. The van der Waals surface area contributed by atoms with Crippen molar-refractivity contribution < 1.29 is 18.9 Å². The van der Waals surface area contributed by atoms with Crippen LogP contribution in [0.25, 0.3) is 33.4 Å². The average Bonchev–Trinajstić information content (AvgIpc) is 3.41. The predicted molar refractivity (Wildman–Crippen MR) is 321 cm³/mol. The number of pyridine rings is 6. The van der Waals surface area contributed by atoms with Crippen molar-refractivity contribution in [2.24, 2.45) is 0 Å².